The highest BCUT2D eigenvalue weighted by Crippen LogP contribution is 2.39. The summed E-state index contributed by atoms with van der Waals surface area (Å²) in [6.07, 6.45) is 3.90. The molecule has 4 heterocycles. The molecule has 4 aromatic heterocycles. The summed E-state index contributed by atoms with van der Waals surface area (Å²) in [4.78, 5) is 14.3. The van der Waals surface area contributed by atoms with Crippen LogP contribution in [0.25, 0.3) is 99.3 Å². The summed E-state index contributed by atoms with van der Waals surface area (Å²) >= 11 is 0. The van der Waals surface area contributed by atoms with Gasteiger partial charge in [-0.15, -0.1) is 0 Å². The van der Waals surface area contributed by atoms with Crippen molar-refractivity contribution in [3.8, 4) is 27.9 Å². The Hall–Kier alpha value is -8.61. The highest BCUT2D eigenvalue weighted by Gasteiger charge is 2.17. The first-order valence-corrected chi connectivity index (χ1v) is 21.5. The van der Waals surface area contributed by atoms with Crippen LogP contribution in [0.2, 0.25) is 0 Å². The van der Waals surface area contributed by atoms with E-state index in [-0.39, 0.29) is 0 Å². The molecule has 0 saturated heterocycles. The van der Waals surface area contributed by atoms with Gasteiger partial charge in [0.2, 0.25) is 0 Å². The number of allylic oxidation sites excluding steroid dienone is 1. The second kappa shape index (κ2) is 15.4. The molecule has 0 N–H and O–H groups in total. The van der Waals surface area contributed by atoms with Crippen molar-refractivity contribution in [1.82, 2.24) is 14.1 Å². The zero-order chi connectivity index (χ0) is 42.6. The van der Waals surface area contributed by atoms with Gasteiger partial charge in [-0.25, -0.2) is 0 Å². The molecule has 6 heteroatoms. The normalized spacial score (nSPS) is 12.4. The van der Waals surface area contributed by atoms with E-state index in [1.807, 2.05) is 85.1 Å². The summed E-state index contributed by atoms with van der Waals surface area (Å²) in [6, 6.07) is 70.3. The molecule has 0 fully saturated rings. The van der Waals surface area contributed by atoms with Crippen LogP contribution in [0.15, 0.2) is 227 Å². The molecular formula is C58H39N5O. The fourth-order valence-electron chi connectivity index (χ4n) is 9.37. The van der Waals surface area contributed by atoms with Gasteiger partial charge >= 0.3 is 0 Å². The van der Waals surface area contributed by atoms with Gasteiger partial charge < -0.3 is 13.6 Å². The van der Waals surface area contributed by atoms with Gasteiger partial charge in [0.15, 0.2) is 5.58 Å². The number of benzene rings is 8. The largest absolute Gasteiger partial charge is 0.454 e. The SMILES string of the molecule is C=N/C(=C\C(=N/Cn1c2ccccc2c2cc(-c3ccc4c(c3)c3ccccc3n4-c3ccc(-c4ccnc5c4oc4ccccc45)cc3)ccc21)c1ccccc1)c1ccccc1. The fourth-order valence-corrected chi connectivity index (χ4v) is 9.37. The first-order valence-electron chi connectivity index (χ1n) is 21.5. The molecular weight excluding hydrogens is 783 g/mol. The molecule has 0 aliphatic heterocycles. The Morgan fingerprint density at radius 2 is 1.09 bits per heavy atom. The van der Waals surface area contributed by atoms with Gasteiger partial charge in [-0.3, -0.25) is 15.0 Å². The molecule has 0 unspecified atom stereocenters. The van der Waals surface area contributed by atoms with Crippen LogP contribution in [-0.4, -0.2) is 26.5 Å². The van der Waals surface area contributed by atoms with Crippen molar-refractivity contribution in [2.24, 2.45) is 9.98 Å². The first-order chi connectivity index (χ1) is 31.7. The summed E-state index contributed by atoms with van der Waals surface area (Å²) in [5.74, 6) is 0. The number of pyridine rings is 1. The molecule has 0 amide bonds. The van der Waals surface area contributed by atoms with Crippen LogP contribution in [0, 0.1) is 0 Å². The van der Waals surface area contributed by atoms with Crippen LogP contribution in [0.1, 0.15) is 11.1 Å². The number of aliphatic imine (C=N–C) groups is 2. The second-order valence-electron chi connectivity index (χ2n) is 16.0. The monoisotopic (exact) mass is 821 g/mol. The molecule has 6 nitrogen and oxygen atoms in total. The highest BCUT2D eigenvalue weighted by atomic mass is 16.3. The van der Waals surface area contributed by atoms with Crippen molar-refractivity contribution in [3.63, 3.8) is 0 Å². The smallest absolute Gasteiger partial charge is 0.161 e. The van der Waals surface area contributed by atoms with Gasteiger partial charge in [0.05, 0.1) is 33.5 Å². The Morgan fingerprint density at radius 1 is 0.531 bits per heavy atom. The molecule has 0 atom stereocenters. The third kappa shape index (κ3) is 6.23. The number of aromatic nitrogens is 3. The lowest BCUT2D eigenvalue weighted by atomic mass is 10.0. The lowest BCUT2D eigenvalue weighted by Gasteiger charge is -2.10. The Balaban J connectivity index is 0.924. The minimum Gasteiger partial charge on any atom is -0.454 e. The maximum atomic E-state index is 6.33. The minimum absolute atomic E-state index is 0.433. The number of rotatable bonds is 9. The molecule has 0 aliphatic carbocycles. The van der Waals surface area contributed by atoms with E-state index in [1.165, 1.54) is 21.5 Å². The molecule has 0 aliphatic rings. The van der Waals surface area contributed by atoms with Crippen LogP contribution in [0.3, 0.4) is 0 Å². The van der Waals surface area contributed by atoms with E-state index in [9.17, 15) is 0 Å². The van der Waals surface area contributed by atoms with E-state index in [1.54, 1.807) is 0 Å². The van der Waals surface area contributed by atoms with Gasteiger partial charge in [-0.05, 0) is 102 Å². The number of hydrogen-bond acceptors (Lipinski definition) is 4. The van der Waals surface area contributed by atoms with Crippen molar-refractivity contribution < 1.29 is 4.42 Å². The number of furan rings is 1. The average Bonchev–Trinajstić information content (AvgIpc) is 4.02. The summed E-state index contributed by atoms with van der Waals surface area (Å²) in [7, 11) is 0. The molecule has 302 valence electrons. The Morgan fingerprint density at radius 3 is 1.83 bits per heavy atom. The van der Waals surface area contributed by atoms with Crippen LogP contribution >= 0.6 is 0 Å². The summed E-state index contributed by atoms with van der Waals surface area (Å²) in [5, 5.41) is 5.83. The number of nitrogens with zero attached hydrogens (tertiary/aromatic N) is 5. The summed E-state index contributed by atoms with van der Waals surface area (Å²) in [6.45, 7) is 4.33. The predicted molar refractivity (Wildman–Crippen MR) is 267 cm³/mol. The first kappa shape index (κ1) is 37.2. The molecule has 0 spiro atoms. The third-order valence-electron chi connectivity index (χ3n) is 12.4. The van der Waals surface area contributed by atoms with Crippen LogP contribution in [-0.2, 0) is 6.67 Å². The number of hydrogen-bond donors (Lipinski definition) is 0. The lowest BCUT2D eigenvalue weighted by molar-refractivity contribution is 0.669. The van der Waals surface area contributed by atoms with E-state index in [0.717, 1.165) is 94.6 Å². The molecule has 12 aromatic rings. The van der Waals surface area contributed by atoms with Crippen molar-refractivity contribution in [1.29, 1.82) is 0 Å². The Kier molecular flexibility index (Phi) is 8.94. The van der Waals surface area contributed by atoms with E-state index in [0.29, 0.717) is 6.67 Å². The van der Waals surface area contributed by atoms with Gasteiger partial charge in [0.25, 0.3) is 0 Å². The highest BCUT2D eigenvalue weighted by molar-refractivity contribution is 6.14. The maximum absolute atomic E-state index is 6.33. The van der Waals surface area contributed by atoms with Gasteiger partial charge in [0.1, 0.15) is 17.8 Å². The number of fused-ring (bicyclic) bond motifs is 9. The van der Waals surface area contributed by atoms with E-state index in [2.05, 4.69) is 153 Å². The Bertz CT molecular complexity index is 3810. The second-order valence-corrected chi connectivity index (χ2v) is 16.0. The van der Waals surface area contributed by atoms with Gasteiger partial charge in [0, 0.05) is 49.9 Å². The maximum Gasteiger partial charge on any atom is 0.161 e. The Labute approximate surface area is 369 Å². The van der Waals surface area contributed by atoms with E-state index < -0.39 is 0 Å². The molecule has 8 aromatic carbocycles. The van der Waals surface area contributed by atoms with E-state index in [4.69, 9.17) is 9.41 Å². The fraction of sp³-hybridized carbons (Fsp3) is 0.0172. The summed E-state index contributed by atoms with van der Waals surface area (Å²) in [5.41, 5.74) is 16.3. The number of para-hydroxylation sites is 3. The molecule has 12 rings (SSSR count). The summed E-state index contributed by atoms with van der Waals surface area (Å²) < 4.78 is 11.0. The zero-order valence-electron chi connectivity index (χ0n) is 34.8. The van der Waals surface area contributed by atoms with Crippen molar-refractivity contribution in [2.75, 3.05) is 0 Å². The van der Waals surface area contributed by atoms with Crippen LogP contribution in [0.4, 0.5) is 0 Å². The predicted octanol–water partition coefficient (Wildman–Crippen LogP) is 14.7. The van der Waals surface area contributed by atoms with Crippen molar-refractivity contribution in [3.05, 3.63) is 224 Å². The van der Waals surface area contributed by atoms with Gasteiger partial charge in [-0.1, -0.05) is 133 Å². The van der Waals surface area contributed by atoms with E-state index >= 15 is 0 Å². The van der Waals surface area contributed by atoms with Crippen LogP contribution in [0.5, 0.6) is 0 Å². The zero-order valence-corrected chi connectivity index (χ0v) is 34.8. The molecule has 0 radical (unpaired) electrons. The topological polar surface area (TPSA) is 60.6 Å². The third-order valence-corrected chi connectivity index (χ3v) is 12.4. The lowest BCUT2D eigenvalue weighted by Crippen LogP contribution is -2.03. The molecule has 64 heavy (non-hydrogen) atoms. The quantitative estimate of drug-likeness (QED) is 0.136. The van der Waals surface area contributed by atoms with Crippen LogP contribution < -0.4 is 0 Å². The van der Waals surface area contributed by atoms with Crippen molar-refractivity contribution in [2.45, 2.75) is 6.67 Å². The molecule has 0 saturated carbocycles. The van der Waals surface area contributed by atoms with Crippen molar-refractivity contribution >= 4 is 83.8 Å². The minimum atomic E-state index is 0.433. The standard InChI is InChI=1S/C58H39N5O/c1-59-50(39-14-4-2-5-15-39)36-51(40-16-6-3-7-17-40)61-37-62-52-21-11-8-18-45(52)48-34-41(26-30-53(48)62)42-27-31-55-49(35-42)46-19-9-12-22-54(46)63(55)43-28-24-38(25-29-43)44-32-33-60-57-47-20-10-13-23-56(47)64-58(44)57/h2-36H,1,37H2/b50-36-,61-51+. The van der Waals surface area contributed by atoms with Gasteiger partial charge in [-0.2, -0.15) is 0 Å². The molecule has 0 bridgehead atoms. The average molecular weight is 822 g/mol.